The van der Waals surface area contributed by atoms with Crippen molar-refractivity contribution in [1.29, 1.82) is 0 Å². The largest absolute Gasteiger partial charge is 0.340 e. The molecule has 2 aliphatic rings. The van der Waals surface area contributed by atoms with Gasteiger partial charge < -0.3 is 9.80 Å². The molecular weight excluding hydrogens is 829 g/mol. The van der Waals surface area contributed by atoms with E-state index in [2.05, 4.69) is 181 Å². The van der Waals surface area contributed by atoms with Crippen molar-refractivity contribution in [2.24, 2.45) is 0 Å². The van der Waals surface area contributed by atoms with E-state index >= 15 is 0 Å². The second-order valence-corrected chi connectivity index (χ2v) is 20.8. The molecule has 0 atom stereocenters. The van der Waals surface area contributed by atoms with Gasteiger partial charge in [-0.1, -0.05) is 135 Å². The van der Waals surface area contributed by atoms with Crippen molar-refractivity contribution in [2.45, 2.75) is 59.1 Å². The lowest BCUT2D eigenvalue weighted by atomic mass is 9.89. The van der Waals surface area contributed by atoms with Gasteiger partial charge in [-0.05, 0) is 140 Å². The maximum atomic E-state index is 2.52. The zero-order valence-electron chi connectivity index (χ0n) is 34.8. The smallest absolute Gasteiger partial charge is 0.0553 e. The summed E-state index contributed by atoms with van der Waals surface area (Å²) in [5.41, 5.74) is 10.5. The van der Waals surface area contributed by atoms with Crippen LogP contribution in [0, 0.1) is 0 Å². The van der Waals surface area contributed by atoms with Gasteiger partial charge in [0.05, 0.1) is 22.7 Å². The molecule has 0 fully saturated rings. The number of rotatable bonds is 10. The molecule has 0 radical (unpaired) electrons. The van der Waals surface area contributed by atoms with Crippen molar-refractivity contribution in [1.82, 2.24) is 0 Å². The molecule has 0 spiro atoms. The lowest BCUT2D eigenvalue weighted by molar-refractivity contribution is 0.777. The first-order valence-electron chi connectivity index (χ1n) is 21.9. The molecule has 2 aromatic heterocycles. The average molecular weight is 873 g/mol. The molecule has 2 aliphatic heterocycles. The van der Waals surface area contributed by atoms with E-state index in [1.165, 1.54) is 142 Å². The third kappa shape index (κ3) is 6.37. The fourth-order valence-electron chi connectivity index (χ4n) is 9.59. The molecule has 10 aromatic rings. The summed E-state index contributed by atoms with van der Waals surface area (Å²) in [7, 11) is 0. The van der Waals surface area contributed by atoms with E-state index in [1.807, 2.05) is 46.2 Å². The fraction of sp³-hybridized carbons (Fsp3) is 0.143. The molecule has 0 aliphatic carbocycles. The van der Waals surface area contributed by atoms with Gasteiger partial charge in [-0.2, -0.15) is 0 Å². The van der Waals surface area contributed by atoms with Crippen LogP contribution < -0.4 is 9.80 Å². The molecule has 0 N–H and O–H groups in total. The first kappa shape index (κ1) is 38.2. The van der Waals surface area contributed by atoms with E-state index < -0.39 is 0 Å². The Kier molecular flexibility index (Phi) is 9.67. The zero-order chi connectivity index (χ0) is 41.3. The minimum absolute atomic E-state index is 1.04. The molecule has 62 heavy (non-hydrogen) atoms. The van der Waals surface area contributed by atoms with Crippen molar-refractivity contribution < 1.29 is 0 Å². The number of hydrogen-bond donors (Lipinski definition) is 0. The van der Waals surface area contributed by atoms with Crippen LogP contribution in [0.2, 0.25) is 0 Å². The Morgan fingerprint density at radius 2 is 0.806 bits per heavy atom. The van der Waals surface area contributed by atoms with Gasteiger partial charge in [-0.25, -0.2) is 0 Å². The molecule has 2 nitrogen and oxygen atoms in total. The van der Waals surface area contributed by atoms with E-state index in [0.717, 1.165) is 13.1 Å². The van der Waals surface area contributed by atoms with Crippen molar-refractivity contribution >= 4 is 101 Å². The second-order valence-electron chi connectivity index (χ2n) is 16.5. The van der Waals surface area contributed by atoms with Crippen LogP contribution in [0.3, 0.4) is 0 Å². The number of para-hydroxylation sites is 2. The molecule has 12 rings (SSSR count). The lowest BCUT2D eigenvalue weighted by Gasteiger charge is -2.33. The Morgan fingerprint density at radius 1 is 0.387 bits per heavy atom. The van der Waals surface area contributed by atoms with E-state index in [0.29, 0.717) is 0 Å². The topological polar surface area (TPSA) is 6.48 Å². The van der Waals surface area contributed by atoms with Gasteiger partial charge in [0.2, 0.25) is 0 Å². The Balaban J connectivity index is 0.882. The second kappa shape index (κ2) is 15.7. The van der Waals surface area contributed by atoms with Gasteiger partial charge in [-0.15, -0.1) is 22.7 Å². The summed E-state index contributed by atoms with van der Waals surface area (Å²) < 4.78 is 0. The number of thiophene rings is 2. The number of hydrogen-bond acceptors (Lipinski definition) is 6. The predicted molar refractivity (Wildman–Crippen MR) is 273 cm³/mol. The van der Waals surface area contributed by atoms with Crippen molar-refractivity contribution in [3.05, 3.63) is 158 Å². The third-order valence-corrected chi connectivity index (χ3v) is 17.3. The number of nitrogens with zero attached hydrogens (tertiary/aromatic N) is 2. The molecule has 8 aromatic carbocycles. The van der Waals surface area contributed by atoms with E-state index in [9.17, 15) is 0 Å². The van der Waals surface area contributed by atoms with Crippen molar-refractivity contribution in [2.75, 3.05) is 22.9 Å². The van der Waals surface area contributed by atoms with E-state index in [-0.39, 0.29) is 0 Å². The highest BCUT2D eigenvalue weighted by Gasteiger charge is 2.26. The highest BCUT2D eigenvalue weighted by atomic mass is 32.2. The van der Waals surface area contributed by atoms with Crippen molar-refractivity contribution in [3.63, 3.8) is 0 Å². The Bertz CT molecular complexity index is 3100. The first-order chi connectivity index (χ1) is 30.6. The van der Waals surface area contributed by atoms with Crippen LogP contribution in [-0.4, -0.2) is 13.1 Å². The summed E-state index contributed by atoms with van der Waals surface area (Å²) in [5, 5.41) is 7.96. The van der Waals surface area contributed by atoms with Crippen LogP contribution in [0.1, 0.15) is 39.5 Å². The van der Waals surface area contributed by atoms with Gasteiger partial charge in [0.15, 0.2) is 0 Å². The molecule has 0 amide bonds. The maximum absolute atomic E-state index is 2.52. The average Bonchev–Trinajstić information content (AvgIpc) is 4.02. The number of unbranched alkanes of at least 4 members (excludes halogenated alkanes) is 2. The summed E-state index contributed by atoms with van der Waals surface area (Å²) in [4.78, 5) is 15.6. The summed E-state index contributed by atoms with van der Waals surface area (Å²) in [5.74, 6) is 0. The Labute approximate surface area is 380 Å². The fourth-order valence-corrected chi connectivity index (χ4v) is 13.9. The molecule has 302 valence electrons. The zero-order valence-corrected chi connectivity index (χ0v) is 38.0. The highest BCUT2D eigenvalue weighted by Crippen LogP contribution is 2.52. The molecule has 4 heterocycles. The first-order valence-corrected chi connectivity index (χ1v) is 25.2. The van der Waals surface area contributed by atoms with Gasteiger partial charge in [-0.3, -0.25) is 0 Å². The van der Waals surface area contributed by atoms with E-state index in [4.69, 9.17) is 0 Å². The summed E-state index contributed by atoms with van der Waals surface area (Å²) in [6.45, 7) is 6.63. The van der Waals surface area contributed by atoms with Crippen LogP contribution in [0.15, 0.2) is 177 Å². The predicted octanol–water partition coefficient (Wildman–Crippen LogP) is 18.2. The Morgan fingerprint density at radius 3 is 1.27 bits per heavy atom. The molecule has 0 saturated carbocycles. The summed E-state index contributed by atoms with van der Waals surface area (Å²) in [6, 6.07) is 60.0. The summed E-state index contributed by atoms with van der Waals surface area (Å²) in [6.07, 6.45) is 4.71. The van der Waals surface area contributed by atoms with Crippen molar-refractivity contribution in [3.8, 4) is 41.8 Å². The normalized spacial score (nSPS) is 13.2. The van der Waals surface area contributed by atoms with Gasteiger partial charge in [0, 0.05) is 52.2 Å². The van der Waals surface area contributed by atoms with Gasteiger partial charge in [0.25, 0.3) is 0 Å². The Hall–Kier alpha value is -5.50. The highest BCUT2D eigenvalue weighted by molar-refractivity contribution is 8.00. The standard InChI is InChI=1S/C56H44N2S4/c1-3-5-31-57-43-11-7-9-13-51(43)61-53-33-37(19-25-45(53)57)47-27-29-49(59-47)39-21-15-35-18-24-42-40(22-16-36-17-23-41(39)55(35)56(36)42)50-30-28-48(60-50)38-20-26-46-54(34-38)62-52-14-10-8-12-44(52)58(46)32-6-4-2/h7-30,33-34H,3-6,31-32H2,1-2H3. The van der Waals surface area contributed by atoms with Gasteiger partial charge >= 0.3 is 0 Å². The number of benzene rings is 8. The maximum Gasteiger partial charge on any atom is 0.0553 e. The van der Waals surface area contributed by atoms with Crippen LogP contribution in [0.5, 0.6) is 0 Å². The number of anilines is 4. The molecule has 6 heteroatoms. The quantitative estimate of drug-likeness (QED) is 0.126. The molecule has 0 bridgehead atoms. The summed E-state index contributed by atoms with van der Waals surface area (Å²) >= 11 is 7.62. The minimum Gasteiger partial charge on any atom is -0.340 e. The van der Waals surface area contributed by atoms with E-state index in [1.54, 1.807) is 0 Å². The molecular formula is C56H44N2S4. The van der Waals surface area contributed by atoms with Crippen LogP contribution >= 0.6 is 46.2 Å². The molecule has 0 saturated heterocycles. The third-order valence-electron chi connectivity index (χ3n) is 12.7. The molecule has 0 unspecified atom stereocenters. The van der Waals surface area contributed by atoms with Gasteiger partial charge in [0.1, 0.15) is 0 Å². The van der Waals surface area contributed by atoms with Crippen LogP contribution in [0.4, 0.5) is 22.7 Å². The minimum atomic E-state index is 1.04. The SMILES string of the molecule is CCCCN1c2ccccc2Sc2cc(-c3ccc(-c4ccc5ccc6c(-c7ccc(-c8ccc9c(c8)Sc8ccccc8N9CCCC)s7)ccc7ccc4c5c76)s3)ccc21. The lowest BCUT2D eigenvalue weighted by Crippen LogP contribution is -2.21. The number of fused-ring (bicyclic) bond motifs is 4. The monoisotopic (exact) mass is 872 g/mol. The van der Waals surface area contributed by atoms with Crippen LogP contribution in [-0.2, 0) is 0 Å². The van der Waals surface area contributed by atoms with Crippen LogP contribution in [0.25, 0.3) is 74.1 Å².